The quantitative estimate of drug-likeness (QED) is 0.597. The molecule has 0 aliphatic carbocycles. The molecule has 1 unspecified atom stereocenters. The molecular weight excluding hydrogens is 396 g/mol. The normalized spacial score (nSPS) is 16.4. The monoisotopic (exact) mass is 422 g/mol. The number of para-hydroxylation sites is 2. The molecule has 7 heteroatoms. The van der Waals surface area contributed by atoms with Crippen molar-refractivity contribution in [3.8, 4) is 5.75 Å². The van der Waals surface area contributed by atoms with E-state index in [1.165, 1.54) is 16.9 Å². The van der Waals surface area contributed by atoms with Gasteiger partial charge >= 0.3 is 0 Å². The average molecular weight is 423 g/mol. The first-order chi connectivity index (χ1) is 14.6. The number of likely N-dealkylation sites (tertiary alicyclic amines) is 1. The molecule has 1 aliphatic heterocycles. The van der Waals surface area contributed by atoms with Gasteiger partial charge in [-0.2, -0.15) is 0 Å². The molecule has 1 atom stereocenters. The van der Waals surface area contributed by atoms with E-state index in [-0.39, 0.29) is 11.9 Å². The molecule has 2 aromatic carbocycles. The Morgan fingerprint density at radius 1 is 1.20 bits per heavy atom. The molecule has 3 aromatic rings. The second-order valence-electron chi connectivity index (χ2n) is 7.44. The Bertz CT molecular complexity index is 1010. The first-order valence-electron chi connectivity index (χ1n) is 10.1. The number of nitrogens with zero attached hydrogens (tertiary/aromatic N) is 2. The van der Waals surface area contributed by atoms with Gasteiger partial charge in [0.1, 0.15) is 10.6 Å². The van der Waals surface area contributed by atoms with Gasteiger partial charge in [0.05, 0.1) is 18.5 Å². The summed E-state index contributed by atoms with van der Waals surface area (Å²) in [5, 5.41) is 7.13. The molecule has 6 nitrogen and oxygen atoms in total. The predicted octanol–water partition coefficient (Wildman–Crippen LogP) is 4.21. The van der Waals surface area contributed by atoms with Gasteiger partial charge in [0.25, 0.3) is 5.91 Å². The first-order valence-corrected chi connectivity index (χ1v) is 10.9. The highest BCUT2D eigenvalue weighted by atomic mass is 32.1. The van der Waals surface area contributed by atoms with Crippen molar-refractivity contribution in [2.45, 2.75) is 25.9 Å². The fourth-order valence-electron chi connectivity index (χ4n) is 3.71. The number of rotatable bonds is 7. The number of carbonyl (C=O) groups excluding carboxylic acids is 1. The van der Waals surface area contributed by atoms with Gasteiger partial charge in [-0.1, -0.05) is 53.8 Å². The van der Waals surface area contributed by atoms with E-state index in [4.69, 9.17) is 4.74 Å². The number of anilines is 2. The lowest BCUT2D eigenvalue weighted by molar-refractivity contribution is 0.0941. The topological polar surface area (TPSA) is 66.5 Å². The minimum absolute atomic E-state index is 0.0513. The van der Waals surface area contributed by atoms with Gasteiger partial charge in [0.2, 0.25) is 0 Å². The molecule has 2 N–H and O–H groups in total. The lowest BCUT2D eigenvalue weighted by Crippen LogP contribution is -2.36. The van der Waals surface area contributed by atoms with Crippen molar-refractivity contribution in [2.24, 2.45) is 0 Å². The van der Waals surface area contributed by atoms with Crippen LogP contribution in [0.2, 0.25) is 0 Å². The zero-order valence-electron chi connectivity index (χ0n) is 17.2. The van der Waals surface area contributed by atoms with E-state index in [1.807, 2.05) is 37.3 Å². The lowest BCUT2D eigenvalue weighted by Gasteiger charge is -2.16. The third-order valence-corrected chi connectivity index (χ3v) is 6.28. The van der Waals surface area contributed by atoms with E-state index in [1.54, 1.807) is 7.11 Å². The number of hydrogen-bond donors (Lipinski definition) is 2. The average Bonchev–Trinajstić information content (AvgIpc) is 3.35. The molecule has 1 amide bonds. The lowest BCUT2D eigenvalue weighted by atomic mass is 10.2. The van der Waals surface area contributed by atoms with Crippen LogP contribution >= 0.6 is 11.3 Å². The van der Waals surface area contributed by atoms with Gasteiger partial charge in [0, 0.05) is 25.7 Å². The van der Waals surface area contributed by atoms with E-state index < -0.39 is 0 Å². The molecule has 0 bridgehead atoms. The zero-order valence-corrected chi connectivity index (χ0v) is 18.0. The second kappa shape index (κ2) is 9.28. The second-order valence-corrected chi connectivity index (χ2v) is 8.44. The Kier molecular flexibility index (Phi) is 6.30. The summed E-state index contributed by atoms with van der Waals surface area (Å²) in [6.07, 6.45) is 0.961. The highest BCUT2D eigenvalue weighted by Gasteiger charge is 2.26. The van der Waals surface area contributed by atoms with Gasteiger partial charge in [0.15, 0.2) is 5.13 Å². The van der Waals surface area contributed by atoms with Crippen LogP contribution < -0.4 is 15.4 Å². The van der Waals surface area contributed by atoms with Crippen LogP contribution in [-0.4, -0.2) is 42.0 Å². The highest BCUT2D eigenvalue weighted by molar-refractivity contribution is 7.17. The predicted molar refractivity (Wildman–Crippen MR) is 121 cm³/mol. The molecule has 0 radical (unpaired) electrons. The van der Waals surface area contributed by atoms with Crippen LogP contribution in [0.5, 0.6) is 5.75 Å². The Morgan fingerprint density at radius 2 is 1.97 bits per heavy atom. The van der Waals surface area contributed by atoms with Gasteiger partial charge in [-0.05, 0) is 31.0 Å². The number of aromatic nitrogens is 1. The van der Waals surface area contributed by atoms with Crippen LogP contribution in [0.15, 0.2) is 54.6 Å². The number of methoxy groups -OCH3 is 1. The van der Waals surface area contributed by atoms with E-state index in [2.05, 4.69) is 44.8 Å². The summed E-state index contributed by atoms with van der Waals surface area (Å²) in [6, 6.07) is 18.3. The van der Waals surface area contributed by atoms with Crippen LogP contribution in [-0.2, 0) is 6.54 Å². The van der Waals surface area contributed by atoms with Crippen molar-refractivity contribution in [3.05, 3.63) is 70.7 Å². The highest BCUT2D eigenvalue weighted by Crippen LogP contribution is 2.30. The fourth-order valence-corrected chi connectivity index (χ4v) is 4.59. The Morgan fingerprint density at radius 3 is 2.77 bits per heavy atom. The maximum Gasteiger partial charge on any atom is 0.263 e. The first kappa shape index (κ1) is 20.4. The standard InChI is InChI=1S/C23H26N4O2S/c1-16-21(30-23(24-16)26-19-10-6-7-11-20(19)29-2)22(28)25-18-12-13-27(15-18)14-17-8-4-3-5-9-17/h3-11,18H,12-15H2,1-2H3,(H,24,26)(H,25,28). The number of ether oxygens (including phenoxy) is 1. The minimum atomic E-state index is -0.0513. The number of nitrogens with one attached hydrogen (secondary N) is 2. The Balaban J connectivity index is 1.36. The van der Waals surface area contributed by atoms with Crippen molar-refractivity contribution >= 4 is 28.1 Å². The molecule has 1 saturated heterocycles. The maximum atomic E-state index is 12.9. The van der Waals surface area contributed by atoms with Gasteiger partial charge in [-0.25, -0.2) is 4.98 Å². The van der Waals surface area contributed by atoms with Crippen molar-refractivity contribution in [1.82, 2.24) is 15.2 Å². The molecule has 0 spiro atoms. The molecule has 2 heterocycles. The molecular formula is C23H26N4O2S. The van der Waals surface area contributed by atoms with E-state index in [0.717, 1.165) is 43.2 Å². The van der Waals surface area contributed by atoms with Gasteiger partial charge in [-0.15, -0.1) is 0 Å². The summed E-state index contributed by atoms with van der Waals surface area (Å²) < 4.78 is 5.37. The van der Waals surface area contributed by atoms with Crippen molar-refractivity contribution in [3.63, 3.8) is 0 Å². The number of carbonyl (C=O) groups is 1. The maximum absolute atomic E-state index is 12.9. The number of thiazole rings is 1. The van der Waals surface area contributed by atoms with E-state index in [0.29, 0.717) is 10.0 Å². The summed E-state index contributed by atoms with van der Waals surface area (Å²) in [6.45, 7) is 4.64. The third-order valence-electron chi connectivity index (χ3n) is 5.21. The fraction of sp³-hybridized carbons (Fsp3) is 0.304. The molecule has 0 saturated carbocycles. The minimum Gasteiger partial charge on any atom is -0.495 e. The summed E-state index contributed by atoms with van der Waals surface area (Å²) in [4.78, 5) is 20.4. The number of aryl methyl sites for hydroxylation is 1. The van der Waals surface area contributed by atoms with E-state index in [9.17, 15) is 4.79 Å². The number of amides is 1. The van der Waals surface area contributed by atoms with Crippen LogP contribution in [0.3, 0.4) is 0 Å². The molecule has 4 rings (SSSR count). The molecule has 30 heavy (non-hydrogen) atoms. The van der Waals surface area contributed by atoms with Crippen LogP contribution in [0.25, 0.3) is 0 Å². The summed E-state index contributed by atoms with van der Waals surface area (Å²) in [7, 11) is 1.63. The summed E-state index contributed by atoms with van der Waals surface area (Å²) in [5.41, 5.74) is 2.86. The summed E-state index contributed by atoms with van der Waals surface area (Å²) in [5.74, 6) is 0.686. The van der Waals surface area contributed by atoms with E-state index >= 15 is 0 Å². The van der Waals surface area contributed by atoms with Crippen molar-refractivity contribution < 1.29 is 9.53 Å². The smallest absolute Gasteiger partial charge is 0.263 e. The molecule has 156 valence electrons. The zero-order chi connectivity index (χ0) is 20.9. The van der Waals surface area contributed by atoms with Crippen LogP contribution in [0.1, 0.15) is 27.3 Å². The van der Waals surface area contributed by atoms with Crippen LogP contribution in [0.4, 0.5) is 10.8 Å². The SMILES string of the molecule is COc1ccccc1Nc1nc(C)c(C(=O)NC2CCN(Cc3ccccc3)C2)s1. The Labute approximate surface area is 180 Å². The summed E-state index contributed by atoms with van der Waals surface area (Å²) >= 11 is 1.36. The third kappa shape index (κ3) is 4.80. The van der Waals surface area contributed by atoms with Crippen LogP contribution in [0, 0.1) is 6.92 Å². The molecule has 1 aromatic heterocycles. The molecule has 1 fully saturated rings. The van der Waals surface area contributed by atoms with Gasteiger partial charge in [-0.3, -0.25) is 9.69 Å². The van der Waals surface area contributed by atoms with Gasteiger partial charge < -0.3 is 15.4 Å². The Hall–Kier alpha value is -2.90. The number of benzene rings is 2. The van der Waals surface area contributed by atoms with Crippen molar-refractivity contribution in [1.29, 1.82) is 0 Å². The molecule has 1 aliphatic rings. The van der Waals surface area contributed by atoms with Crippen molar-refractivity contribution in [2.75, 3.05) is 25.5 Å². The largest absolute Gasteiger partial charge is 0.495 e. The number of hydrogen-bond acceptors (Lipinski definition) is 6.